The molecule has 0 radical (unpaired) electrons. The van der Waals surface area contributed by atoms with Crippen LogP contribution in [0.15, 0.2) is 18.2 Å². The van der Waals surface area contributed by atoms with Gasteiger partial charge in [0.1, 0.15) is 11.6 Å². The summed E-state index contributed by atoms with van der Waals surface area (Å²) in [6, 6.07) is 2.12. The molecule has 0 unspecified atom stereocenters. The summed E-state index contributed by atoms with van der Waals surface area (Å²) in [5, 5.41) is 20.8. The number of rotatable bonds is 1. The summed E-state index contributed by atoms with van der Waals surface area (Å²) in [5.41, 5.74) is -0.155. The highest BCUT2D eigenvalue weighted by molar-refractivity contribution is 5.89. The van der Waals surface area contributed by atoms with E-state index in [9.17, 15) is 23.8 Å². The van der Waals surface area contributed by atoms with Gasteiger partial charge in [-0.2, -0.15) is 0 Å². The Kier molecular flexibility index (Phi) is 3.44. The zero-order valence-corrected chi connectivity index (χ0v) is 9.31. The van der Waals surface area contributed by atoms with Gasteiger partial charge >= 0.3 is 6.03 Å². The second kappa shape index (κ2) is 4.87. The molecule has 1 aromatic rings. The van der Waals surface area contributed by atoms with Gasteiger partial charge in [-0.1, -0.05) is 0 Å². The van der Waals surface area contributed by atoms with Crippen LogP contribution in [0.1, 0.15) is 0 Å². The zero-order valence-electron chi connectivity index (χ0n) is 9.31. The summed E-state index contributed by atoms with van der Waals surface area (Å²) in [6.45, 7) is -0.0639. The van der Waals surface area contributed by atoms with Crippen molar-refractivity contribution in [2.24, 2.45) is 0 Å². The summed E-state index contributed by atoms with van der Waals surface area (Å²) in [6.07, 6.45) is -2.01. The number of halogens is 2. The molecule has 0 aliphatic carbocycles. The van der Waals surface area contributed by atoms with Gasteiger partial charge in [0.15, 0.2) is 0 Å². The minimum atomic E-state index is -1.01. The van der Waals surface area contributed by atoms with Gasteiger partial charge in [-0.05, 0) is 12.1 Å². The van der Waals surface area contributed by atoms with Crippen LogP contribution in [-0.2, 0) is 0 Å². The topological polar surface area (TPSA) is 72.8 Å². The maximum atomic E-state index is 13.3. The van der Waals surface area contributed by atoms with E-state index in [1.165, 1.54) is 0 Å². The molecule has 1 saturated heterocycles. The number of carbonyl (C=O) groups is 1. The maximum absolute atomic E-state index is 13.3. The van der Waals surface area contributed by atoms with Crippen molar-refractivity contribution in [2.75, 3.05) is 18.4 Å². The van der Waals surface area contributed by atoms with Crippen molar-refractivity contribution >= 4 is 11.7 Å². The van der Waals surface area contributed by atoms with Gasteiger partial charge in [0.05, 0.1) is 31.0 Å². The van der Waals surface area contributed by atoms with Gasteiger partial charge in [0, 0.05) is 6.07 Å². The number of aliphatic hydroxyl groups is 2. The molecule has 3 N–H and O–H groups in total. The lowest BCUT2D eigenvalue weighted by Crippen LogP contribution is -2.34. The first-order chi connectivity index (χ1) is 8.47. The molecular formula is C11H12F2N2O3. The number of hydrogen-bond acceptors (Lipinski definition) is 3. The number of carbonyl (C=O) groups excluding carboxylic acids is 1. The molecule has 0 aromatic heterocycles. The number of anilines is 1. The largest absolute Gasteiger partial charge is 0.388 e. The average molecular weight is 258 g/mol. The van der Waals surface area contributed by atoms with Crippen LogP contribution in [0.2, 0.25) is 0 Å². The van der Waals surface area contributed by atoms with Crippen molar-refractivity contribution in [3.05, 3.63) is 29.8 Å². The van der Waals surface area contributed by atoms with Crippen LogP contribution >= 0.6 is 0 Å². The molecule has 2 rings (SSSR count). The van der Waals surface area contributed by atoms with Crippen molar-refractivity contribution in [3.63, 3.8) is 0 Å². The van der Waals surface area contributed by atoms with Gasteiger partial charge in [0.2, 0.25) is 0 Å². The maximum Gasteiger partial charge on any atom is 0.322 e. The molecule has 1 aliphatic rings. The van der Waals surface area contributed by atoms with E-state index < -0.39 is 29.9 Å². The number of aliphatic hydroxyl groups excluding tert-OH is 2. The first kappa shape index (κ1) is 12.7. The van der Waals surface area contributed by atoms with Gasteiger partial charge in [-0.15, -0.1) is 0 Å². The molecule has 1 fully saturated rings. The van der Waals surface area contributed by atoms with Crippen LogP contribution in [0, 0.1) is 11.6 Å². The monoisotopic (exact) mass is 258 g/mol. The Bertz CT molecular complexity index is 460. The van der Waals surface area contributed by atoms with E-state index in [0.717, 1.165) is 17.0 Å². The van der Waals surface area contributed by atoms with E-state index in [4.69, 9.17) is 0 Å². The standard InChI is InChI=1S/C11H12F2N2O3/c12-6-1-2-8(7(13)3-6)14-11(18)15-4-9(16)10(17)5-15/h1-3,9-10,16-17H,4-5H2,(H,14,18)/t9-,10+. The fourth-order valence-electron chi connectivity index (χ4n) is 1.72. The van der Waals surface area contributed by atoms with E-state index in [2.05, 4.69) is 5.32 Å². The Morgan fingerprint density at radius 1 is 1.28 bits per heavy atom. The molecule has 5 nitrogen and oxygen atoms in total. The fourth-order valence-corrected chi connectivity index (χ4v) is 1.72. The molecule has 2 atom stereocenters. The summed E-state index contributed by atoms with van der Waals surface area (Å²) in [5.74, 6) is -1.62. The van der Waals surface area contributed by atoms with Crippen LogP contribution < -0.4 is 5.32 Å². The Balaban J connectivity index is 2.03. The molecule has 7 heteroatoms. The summed E-state index contributed by atoms with van der Waals surface area (Å²) >= 11 is 0. The third-order valence-electron chi connectivity index (χ3n) is 2.72. The smallest absolute Gasteiger partial charge is 0.322 e. The first-order valence-electron chi connectivity index (χ1n) is 5.34. The van der Waals surface area contributed by atoms with Crippen LogP contribution in [0.4, 0.5) is 19.3 Å². The van der Waals surface area contributed by atoms with E-state index in [1.807, 2.05) is 0 Å². The predicted octanol–water partition coefficient (Wildman–Crippen LogP) is 0.534. The number of nitrogens with zero attached hydrogens (tertiary/aromatic N) is 1. The molecule has 2 amide bonds. The number of nitrogens with one attached hydrogen (secondary N) is 1. The highest BCUT2D eigenvalue weighted by Crippen LogP contribution is 2.17. The average Bonchev–Trinajstić information content (AvgIpc) is 2.63. The third-order valence-corrected chi connectivity index (χ3v) is 2.72. The molecule has 0 bridgehead atoms. The van der Waals surface area contributed by atoms with Crippen molar-refractivity contribution < 1.29 is 23.8 Å². The summed E-state index contributed by atoms with van der Waals surface area (Å²) in [4.78, 5) is 12.8. The number of urea groups is 1. The second-order valence-electron chi connectivity index (χ2n) is 4.09. The first-order valence-corrected chi connectivity index (χ1v) is 5.34. The highest BCUT2D eigenvalue weighted by Gasteiger charge is 2.32. The lowest BCUT2D eigenvalue weighted by molar-refractivity contribution is 0.0572. The normalized spacial score (nSPS) is 23.2. The number of likely N-dealkylation sites (tertiary alicyclic amines) is 1. The summed E-state index contributed by atoms with van der Waals surface area (Å²) in [7, 11) is 0. The van der Waals surface area contributed by atoms with Gasteiger partial charge in [0.25, 0.3) is 0 Å². The van der Waals surface area contributed by atoms with E-state index in [1.54, 1.807) is 0 Å². The van der Waals surface area contributed by atoms with Gasteiger partial charge in [-0.25, -0.2) is 13.6 Å². The van der Waals surface area contributed by atoms with Gasteiger partial charge in [-0.3, -0.25) is 0 Å². The lowest BCUT2D eigenvalue weighted by Gasteiger charge is -2.16. The molecule has 0 spiro atoms. The molecule has 1 aliphatic heterocycles. The lowest BCUT2D eigenvalue weighted by atomic mass is 10.3. The quantitative estimate of drug-likeness (QED) is 0.688. The van der Waals surface area contributed by atoms with Gasteiger partial charge < -0.3 is 20.4 Å². The van der Waals surface area contributed by atoms with Crippen LogP contribution in [-0.4, -0.2) is 46.4 Å². The molecule has 0 saturated carbocycles. The summed E-state index contributed by atoms with van der Waals surface area (Å²) < 4.78 is 25.9. The highest BCUT2D eigenvalue weighted by atomic mass is 19.1. The Morgan fingerprint density at radius 2 is 1.89 bits per heavy atom. The molecule has 18 heavy (non-hydrogen) atoms. The van der Waals surface area contributed by atoms with Crippen LogP contribution in [0.25, 0.3) is 0 Å². The van der Waals surface area contributed by atoms with Crippen molar-refractivity contribution in [2.45, 2.75) is 12.2 Å². The SMILES string of the molecule is O=C(Nc1ccc(F)cc1F)N1C[C@@H](O)[C@@H](O)C1. The molecule has 1 heterocycles. The van der Waals surface area contributed by atoms with E-state index in [0.29, 0.717) is 6.07 Å². The Hall–Kier alpha value is -1.73. The van der Waals surface area contributed by atoms with Crippen LogP contribution in [0.3, 0.4) is 0 Å². The van der Waals surface area contributed by atoms with E-state index >= 15 is 0 Å². The Morgan fingerprint density at radius 3 is 2.44 bits per heavy atom. The number of amides is 2. The van der Waals surface area contributed by atoms with Crippen molar-refractivity contribution in [3.8, 4) is 0 Å². The molecular weight excluding hydrogens is 246 g/mol. The molecule has 98 valence electrons. The second-order valence-corrected chi connectivity index (χ2v) is 4.09. The Labute approximate surface area is 102 Å². The zero-order chi connectivity index (χ0) is 13.3. The minimum Gasteiger partial charge on any atom is -0.388 e. The number of β-amino-alcohol motifs (C(OH)–C–C–N with tert-alkyl or cyclic N) is 2. The fraction of sp³-hybridized carbons (Fsp3) is 0.364. The van der Waals surface area contributed by atoms with Crippen LogP contribution in [0.5, 0.6) is 0 Å². The van der Waals surface area contributed by atoms with Crippen molar-refractivity contribution in [1.82, 2.24) is 4.90 Å². The number of hydrogen-bond donors (Lipinski definition) is 3. The minimum absolute atomic E-state index is 0.0319. The van der Waals surface area contributed by atoms with E-state index in [-0.39, 0.29) is 18.8 Å². The molecule has 1 aromatic carbocycles. The van der Waals surface area contributed by atoms with Crippen molar-refractivity contribution in [1.29, 1.82) is 0 Å². The predicted molar refractivity (Wildman–Crippen MR) is 59.0 cm³/mol. The number of benzene rings is 1. The third kappa shape index (κ3) is 2.57.